The first-order valence-electron chi connectivity index (χ1n) is 5.39. The fourth-order valence-corrected chi connectivity index (χ4v) is 1.58. The zero-order chi connectivity index (χ0) is 12.3. The molecular weight excluding hydrogens is 220 g/mol. The monoisotopic (exact) mass is 233 g/mol. The molecule has 0 saturated heterocycles. The summed E-state index contributed by atoms with van der Waals surface area (Å²) in [5.41, 5.74) is 2.69. The highest BCUT2D eigenvalue weighted by molar-refractivity contribution is 5.51. The lowest BCUT2D eigenvalue weighted by atomic mass is 10.1. The summed E-state index contributed by atoms with van der Waals surface area (Å²) in [6.07, 6.45) is 0. The van der Waals surface area contributed by atoms with Crippen LogP contribution in [0, 0.1) is 18.6 Å². The van der Waals surface area contributed by atoms with Crippen LogP contribution in [0.25, 0.3) is 0 Å². The van der Waals surface area contributed by atoms with Crippen LogP contribution in [-0.4, -0.2) is 0 Å². The van der Waals surface area contributed by atoms with Gasteiger partial charge in [0.05, 0.1) is 0 Å². The molecule has 2 aromatic rings. The molecule has 3 heteroatoms. The third-order valence-electron chi connectivity index (χ3n) is 2.60. The summed E-state index contributed by atoms with van der Waals surface area (Å²) in [6, 6.07) is 10.8. The lowest BCUT2D eigenvalue weighted by Gasteiger charge is -2.09. The van der Waals surface area contributed by atoms with Crippen LogP contribution < -0.4 is 5.32 Å². The summed E-state index contributed by atoms with van der Waals surface area (Å²) in [5, 5.41) is 3.13. The van der Waals surface area contributed by atoms with E-state index in [0.717, 1.165) is 16.8 Å². The third kappa shape index (κ3) is 3.03. The van der Waals surface area contributed by atoms with Gasteiger partial charge in [-0.25, -0.2) is 8.78 Å². The first-order valence-corrected chi connectivity index (χ1v) is 5.39. The molecule has 1 nitrogen and oxygen atoms in total. The van der Waals surface area contributed by atoms with Crippen molar-refractivity contribution in [3.63, 3.8) is 0 Å². The van der Waals surface area contributed by atoms with Crippen LogP contribution in [0.5, 0.6) is 0 Å². The van der Waals surface area contributed by atoms with Crippen LogP contribution in [0.2, 0.25) is 0 Å². The maximum Gasteiger partial charge on any atom is 0.125 e. The predicted molar refractivity (Wildman–Crippen MR) is 64.9 cm³/mol. The number of rotatable bonds is 3. The average molecular weight is 233 g/mol. The summed E-state index contributed by atoms with van der Waals surface area (Å²) >= 11 is 0. The largest absolute Gasteiger partial charge is 0.381 e. The zero-order valence-electron chi connectivity index (χ0n) is 9.50. The van der Waals surface area contributed by atoms with E-state index < -0.39 is 0 Å². The van der Waals surface area contributed by atoms with Crippen LogP contribution in [0.3, 0.4) is 0 Å². The molecule has 0 amide bonds. The molecule has 0 unspecified atom stereocenters. The Bertz CT molecular complexity index is 506. The van der Waals surface area contributed by atoms with Gasteiger partial charge in [-0.15, -0.1) is 0 Å². The minimum atomic E-state index is -0.266. The summed E-state index contributed by atoms with van der Waals surface area (Å²) in [5.74, 6) is -0.520. The number of hydrogen-bond donors (Lipinski definition) is 1. The highest BCUT2D eigenvalue weighted by atomic mass is 19.1. The molecule has 0 aromatic heterocycles. The van der Waals surface area contributed by atoms with Gasteiger partial charge in [0.25, 0.3) is 0 Å². The van der Waals surface area contributed by atoms with Crippen molar-refractivity contribution in [2.24, 2.45) is 0 Å². The van der Waals surface area contributed by atoms with E-state index in [1.54, 1.807) is 18.2 Å². The molecule has 0 saturated carbocycles. The Morgan fingerprint density at radius 1 is 0.941 bits per heavy atom. The van der Waals surface area contributed by atoms with E-state index in [1.807, 2.05) is 6.92 Å². The smallest absolute Gasteiger partial charge is 0.125 e. The number of halogens is 2. The standard InChI is InChI=1S/C14H13F2N/c1-10-2-5-13(16)8-14(10)17-9-11-3-6-12(15)7-4-11/h2-8,17H,9H2,1H3. The normalized spacial score (nSPS) is 10.3. The van der Waals surface area contributed by atoms with Crippen LogP contribution in [0.1, 0.15) is 11.1 Å². The maximum absolute atomic E-state index is 13.0. The molecule has 88 valence electrons. The Kier molecular flexibility index (Phi) is 3.38. The molecule has 17 heavy (non-hydrogen) atoms. The lowest BCUT2D eigenvalue weighted by molar-refractivity contribution is 0.627. The van der Waals surface area contributed by atoms with Crippen LogP contribution in [-0.2, 0) is 6.54 Å². The van der Waals surface area contributed by atoms with Gasteiger partial charge in [-0.2, -0.15) is 0 Å². The number of hydrogen-bond acceptors (Lipinski definition) is 1. The topological polar surface area (TPSA) is 12.0 Å². The quantitative estimate of drug-likeness (QED) is 0.848. The van der Waals surface area contributed by atoms with Gasteiger partial charge in [0.1, 0.15) is 11.6 Å². The zero-order valence-corrected chi connectivity index (χ0v) is 9.50. The van der Waals surface area contributed by atoms with Crippen molar-refractivity contribution < 1.29 is 8.78 Å². The predicted octanol–water partition coefficient (Wildman–Crippen LogP) is 3.89. The Balaban J connectivity index is 2.07. The Hall–Kier alpha value is -1.90. The molecule has 0 radical (unpaired) electrons. The lowest BCUT2D eigenvalue weighted by Crippen LogP contribution is -2.01. The summed E-state index contributed by atoms with van der Waals surface area (Å²) in [7, 11) is 0. The number of anilines is 1. The van der Waals surface area contributed by atoms with Crippen molar-refractivity contribution in [1.82, 2.24) is 0 Å². The van der Waals surface area contributed by atoms with Gasteiger partial charge >= 0.3 is 0 Å². The van der Waals surface area contributed by atoms with E-state index in [0.29, 0.717) is 6.54 Å². The van der Waals surface area contributed by atoms with Crippen molar-refractivity contribution >= 4 is 5.69 Å². The third-order valence-corrected chi connectivity index (χ3v) is 2.60. The second-order valence-corrected chi connectivity index (χ2v) is 3.94. The number of benzene rings is 2. The Morgan fingerprint density at radius 3 is 2.29 bits per heavy atom. The molecule has 0 spiro atoms. The molecule has 0 heterocycles. The van der Waals surface area contributed by atoms with E-state index >= 15 is 0 Å². The summed E-state index contributed by atoms with van der Waals surface area (Å²) < 4.78 is 25.7. The second-order valence-electron chi connectivity index (χ2n) is 3.94. The SMILES string of the molecule is Cc1ccc(F)cc1NCc1ccc(F)cc1. The molecule has 1 N–H and O–H groups in total. The van der Waals surface area contributed by atoms with Gasteiger partial charge in [-0.1, -0.05) is 18.2 Å². The molecule has 0 bridgehead atoms. The molecule has 2 rings (SSSR count). The highest BCUT2D eigenvalue weighted by Gasteiger charge is 2.00. The molecule has 2 aromatic carbocycles. The van der Waals surface area contributed by atoms with Gasteiger partial charge in [0, 0.05) is 12.2 Å². The van der Waals surface area contributed by atoms with Crippen LogP contribution in [0.15, 0.2) is 42.5 Å². The van der Waals surface area contributed by atoms with Gasteiger partial charge in [0.15, 0.2) is 0 Å². The van der Waals surface area contributed by atoms with Crippen molar-refractivity contribution in [2.75, 3.05) is 5.32 Å². The molecule has 0 fully saturated rings. The Labute approximate surface area is 99.1 Å². The molecule has 0 atom stereocenters. The summed E-state index contributed by atoms with van der Waals surface area (Å²) in [6.45, 7) is 2.46. The van der Waals surface area contributed by atoms with Gasteiger partial charge in [-0.3, -0.25) is 0 Å². The van der Waals surface area contributed by atoms with E-state index in [4.69, 9.17) is 0 Å². The fourth-order valence-electron chi connectivity index (χ4n) is 1.58. The van der Waals surface area contributed by atoms with Crippen LogP contribution in [0.4, 0.5) is 14.5 Å². The molecule has 0 aliphatic carbocycles. The van der Waals surface area contributed by atoms with E-state index in [2.05, 4.69) is 5.32 Å². The minimum absolute atomic E-state index is 0.254. The van der Waals surface area contributed by atoms with Gasteiger partial charge < -0.3 is 5.32 Å². The van der Waals surface area contributed by atoms with Crippen LogP contribution >= 0.6 is 0 Å². The van der Waals surface area contributed by atoms with Crippen molar-refractivity contribution in [1.29, 1.82) is 0 Å². The summed E-state index contributed by atoms with van der Waals surface area (Å²) in [4.78, 5) is 0. The maximum atomic E-state index is 13.0. The molecule has 0 aliphatic heterocycles. The van der Waals surface area contributed by atoms with E-state index in [9.17, 15) is 8.78 Å². The van der Waals surface area contributed by atoms with Gasteiger partial charge in [0.2, 0.25) is 0 Å². The van der Waals surface area contributed by atoms with E-state index in [-0.39, 0.29) is 11.6 Å². The number of aryl methyl sites for hydroxylation is 1. The Morgan fingerprint density at radius 2 is 1.59 bits per heavy atom. The van der Waals surface area contributed by atoms with Crippen molar-refractivity contribution in [3.8, 4) is 0 Å². The van der Waals surface area contributed by atoms with Crippen molar-refractivity contribution in [3.05, 3.63) is 65.2 Å². The molecular formula is C14H13F2N. The first kappa shape index (κ1) is 11.6. The second kappa shape index (κ2) is 4.95. The molecule has 0 aliphatic rings. The fraction of sp³-hybridized carbons (Fsp3) is 0.143. The highest BCUT2D eigenvalue weighted by Crippen LogP contribution is 2.17. The first-order chi connectivity index (χ1) is 8.15. The van der Waals surface area contributed by atoms with Crippen molar-refractivity contribution in [2.45, 2.75) is 13.5 Å². The number of nitrogens with one attached hydrogen (secondary N) is 1. The minimum Gasteiger partial charge on any atom is -0.381 e. The average Bonchev–Trinajstić information content (AvgIpc) is 2.32. The van der Waals surface area contributed by atoms with Gasteiger partial charge in [-0.05, 0) is 42.3 Å². The van der Waals surface area contributed by atoms with E-state index in [1.165, 1.54) is 24.3 Å².